The number of aromatic nitrogens is 1. The van der Waals surface area contributed by atoms with Crippen molar-refractivity contribution >= 4 is 54.3 Å². The predicted molar refractivity (Wildman–Crippen MR) is 137 cm³/mol. The zero-order valence-corrected chi connectivity index (χ0v) is 20.7. The Morgan fingerprint density at radius 1 is 0.971 bits per heavy atom. The fourth-order valence-corrected chi connectivity index (χ4v) is 5.85. The van der Waals surface area contributed by atoms with Crippen molar-refractivity contribution in [3.63, 3.8) is 0 Å². The predicted octanol–water partition coefficient (Wildman–Crippen LogP) is 4.94. The highest BCUT2D eigenvalue weighted by Crippen LogP contribution is 2.28. The Labute approximate surface area is 207 Å². The van der Waals surface area contributed by atoms with Crippen molar-refractivity contribution in [2.75, 3.05) is 22.8 Å². The number of nitrogens with one attached hydrogen (secondary N) is 1. The molecule has 0 bridgehead atoms. The minimum absolute atomic E-state index is 0.0891. The number of anilines is 2. The summed E-state index contributed by atoms with van der Waals surface area (Å²) < 4.78 is 33.3. The van der Waals surface area contributed by atoms with Gasteiger partial charge in [-0.25, -0.2) is 18.2 Å². The summed E-state index contributed by atoms with van der Waals surface area (Å²) in [5.41, 5.74) is 1.91. The maximum atomic E-state index is 13.1. The Morgan fingerprint density at radius 3 is 2.31 bits per heavy atom. The standard InChI is InChI=1S/C25H23N3O5S2/c1-3-28(19-8-6-5-7-9-19)35(31,32)20-13-10-17(11-14-20)23(29)27-25-26-21-15-12-18(16-22(21)34-25)24(30)33-4-2/h5-16H,3-4H2,1-2H3,(H,26,27,29). The first kappa shape index (κ1) is 24.4. The molecule has 3 aromatic carbocycles. The summed E-state index contributed by atoms with van der Waals surface area (Å²) in [4.78, 5) is 29.2. The van der Waals surface area contributed by atoms with Crippen LogP contribution >= 0.6 is 11.3 Å². The van der Waals surface area contributed by atoms with Gasteiger partial charge in [-0.2, -0.15) is 0 Å². The quantitative estimate of drug-likeness (QED) is 0.337. The first-order valence-corrected chi connectivity index (χ1v) is 13.2. The van der Waals surface area contributed by atoms with Crippen molar-refractivity contribution in [3.05, 3.63) is 83.9 Å². The molecule has 0 aliphatic heterocycles. The van der Waals surface area contributed by atoms with Crippen molar-refractivity contribution in [2.24, 2.45) is 0 Å². The van der Waals surface area contributed by atoms with Gasteiger partial charge in [-0.05, 0) is 68.4 Å². The Bertz CT molecular complexity index is 1470. The van der Waals surface area contributed by atoms with E-state index in [1.54, 1.807) is 56.3 Å². The van der Waals surface area contributed by atoms with Gasteiger partial charge in [0.15, 0.2) is 5.13 Å². The van der Waals surface area contributed by atoms with Crippen molar-refractivity contribution in [2.45, 2.75) is 18.7 Å². The summed E-state index contributed by atoms with van der Waals surface area (Å²) in [5.74, 6) is -0.841. The summed E-state index contributed by atoms with van der Waals surface area (Å²) in [6, 6.07) is 19.6. The molecule has 0 aliphatic rings. The van der Waals surface area contributed by atoms with Gasteiger partial charge in [0.05, 0.1) is 33.0 Å². The zero-order chi connectivity index (χ0) is 25.0. The lowest BCUT2D eigenvalue weighted by atomic mass is 10.2. The van der Waals surface area contributed by atoms with Crippen molar-refractivity contribution in [3.8, 4) is 0 Å². The number of carbonyl (C=O) groups excluding carboxylic acids is 2. The highest BCUT2D eigenvalue weighted by Gasteiger charge is 2.24. The van der Waals surface area contributed by atoms with Crippen LogP contribution in [0.1, 0.15) is 34.6 Å². The molecule has 0 fully saturated rings. The van der Waals surface area contributed by atoms with Crippen LogP contribution in [-0.2, 0) is 14.8 Å². The Kier molecular flexibility index (Phi) is 7.13. The molecule has 0 saturated heterocycles. The summed E-state index contributed by atoms with van der Waals surface area (Å²) in [6.07, 6.45) is 0. The number of thiazole rings is 1. The van der Waals surface area contributed by atoms with Gasteiger partial charge in [0.2, 0.25) is 0 Å². The second-order valence-corrected chi connectivity index (χ2v) is 10.3. The van der Waals surface area contributed by atoms with Crippen molar-refractivity contribution < 1.29 is 22.7 Å². The third-order valence-corrected chi connectivity index (χ3v) is 8.01. The molecule has 0 radical (unpaired) electrons. The third kappa shape index (κ3) is 5.18. The molecule has 4 rings (SSSR count). The Morgan fingerprint density at radius 2 is 1.66 bits per heavy atom. The van der Waals surface area contributed by atoms with Crippen LogP contribution in [0.25, 0.3) is 10.2 Å². The molecular formula is C25H23N3O5S2. The lowest BCUT2D eigenvalue weighted by molar-refractivity contribution is 0.0526. The van der Waals surface area contributed by atoms with Crippen LogP contribution in [0.4, 0.5) is 10.8 Å². The summed E-state index contributed by atoms with van der Waals surface area (Å²) in [6.45, 7) is 4.05. The highest BCUT2D eigenvalue weighted by atomic mass is 32.2. The van der Waals surface area contributed by atoms with Gasteiger partial charge in [0.1, 0.15) is 0 Å². The van der Waals surface area contributed by atoms with Crippen LogP contribution in [0.3, 0.4) is 0 Å². The Balaban J connectivity index is 1.51. The molecule has 0 unspecified atom stereocenters. The van der Waals surface area contributed by atoms with Crippen LogP contribution in [0.5, 0.6) is 0 Å². The minimum atomic E-state index is -3.78. The highest BCUT2D eigenvalue weighted by molar-refractivity contribution is 7.92. The SMILES string of the molecule is CCOC(=O)c1ccc2nc(NC(=O)c3ccc(S(=O)(=O)N(CC)c4ccccc4)cc3)sc2c1. The second-order valence-electron chi connectivity index (χ2n) is 7.41. The molecule has 1 aromatic heterocycles. The van der Waals surface area contributed by atoms with E-state index in [1.807, 2.05) is 6.07 Å². The van der Waals surface area contributed by atoms with E-state index in [0.717, 1.165) is 4.70 Å². The molecule has 1 N–H and O–H groups in total. The maximum absolute atomic E-state index is 13.1. The second kappa shape index (κ2) is 10.2. The van der Waals surface area contributed by atoms with E-state index in [1.165, 1.54) is 39.9 Å². The maximum Gasteiger partial charge on any atom is 0.338 e. The van der Waals surface area contributed by atoms with E-state index in [0.29, 0.717) is 21.9 Å². The first-order valence-electron chi connectivity index (χ1n) is 10.9. The number of amides is 1. The first-order chi connectivity index (χ1) is 16.8. The molecule has 10 heteroatoms. The van der Waals surface area contributed by atoms with Crippen LogP contribution in [-0.4, -0.2) is 38.4 Å². The fraction of sp³-hybridized carbons (Fsp3) is 0.160. The molecule has 1 heterocycles. The average molecular weight is 510 g/mol. The summed E-state index contributed by atoms with van der Waals surface area (Å²) >= 11 is 1.23. The van der Waals surface area contributed by atoms with E-state index in [2.05, 4.69) is 10.3 Å². The average Bonchev–Trinajstić information content (AvgIpc) is 3.26. The molecule has 8 nitrogen and oxygen atoms in total. The van der Waals surface area contributed by atoms with Gasteiger partial charge in [-0.1, -0.05) is 29.5 Å². The normalized spacial score (nSPS) is 11.3. The molecule has 180 valence electrons. The Hall–Kier alpha value is -3.76. The number of nitrogens with zero attached hydrogens (tertiary/aromatic N) is 2. The van der Waals surface area contributed by atoms with E-state index in [4.69, 9.17) is 4.74 Å². The van der Waals surface area contributed by atoms with Crippen LogP contribution in [0.15, 0.2) is 77.7 Å². The molecule has 0 spiro atoms. The van der Waals surface area contributed by atoms with Gasteiger partial charge in [-0.3, -0.25) is 14.4 Å². The molecule has 0 aliphatic carbocycles. The number of ether oxygens (including phenoxy) is 1. The number of sulfonamides is 1. The van der Waals surface area contributed by atoms with E-state index in [-0.39, 0.29) is 23.6 Å². The number of benzene rings is 3. The van der Waals surface area contributed by atoms with E-state index >= 15 is 0 Å². The fourth-order valence-electron chi connectivity index (χ4n) is 3.48. The zero-order valence-electron chi connectivity index (χ0n) is 19.1. The third-order valence-electron chi connectivity index (χ3n) is 5.16. The molecule has 1 amide bonds. The monoisotopic (exact) mass is 509 g/mol. The largest absolute Gasteiger partial charge is 0.462 e. The number of esters is 1. The van der Waals surface area contributed by atoms with Crippen molar-refractivity contribution in [1.82, 2.24) is 4.98 Å². The van der Waals surface area contributed by atoms with Gasteiger partial charge in [0.25, 0.3) is 15.9 Å². The topological polar surface area (TPSA) is 106 Å². The van der Waals surface area contributed by atoms with Crippen LogP contribution in [0, 0.1) is 0 Å². The number of fused-ring (bicyclic) bond motifs is 1. The van der Waals surface area contributed by atoms with Crippen molar-refractivity contribution in [1.29, 1.82) is 0 Å². The van der Waals surface area contributed by atoms with Gasteiger partial charge in [-0.15, -0.1) is 0 Å². The molecule has 0 atom stereocenters. The van der Waals surface area contributed by atoms with E-state index in [9.17, 15) is 18.0 Å². The van der Waals surface area contributed by atoms with Crippen LogP contribution in [0.2, 0.25) is 0 Å². The number of hydrogen-bond acceptors (Lipinski definition) is 7. The van der Waals surface area contributed by atoms with Gasteiger partial charge in [0, 0.05) is 12.1 Å². The molecule has 4 aromatic rings. The number of rotatable bonds is 8. The van der Waals surface area contributed by atoms with Gasteiger partial charge < -0.3 is 4.74 Å². The van der Waals surface area contributed by atoms with Gasteiger partial charge >= 0.3 is 5.97 Å². The number of para-hydroxylation sites is 1. The smallest absolute Gasteiger partial charge is 0.338 e. The lowest BCUT2D eigenvalue weighted by Gasteiger charge is -2.22. The minimum Gasteiger partial charge on any atom is -0.462 e. The molecule has 35 heavy (non-hydrogen) atoms. The van der Waals surface area contributed by atoms with E-state index < -0.39 is 21.9 Å². The molecule has 0 saturated carbocycles. The molecular weight excluding hydrogens is 486 g/mol. The number of hydrogen-bond donors (Lipinski definition) is 1. The van der Waals surface area contributed by atoms with Crippen LogP contribution < -0.4 is 9.62 Å². The summed E-state index contributed by atoms with van der Waals surface area (Å²) in [5, 5.41) is 3.10. The summed E-state index contributed by atoms with van der Waals surface area (Å²) in [7, 11) is -3.78. The number of carbonyl (C=O) groups is 2. The lowest BCUT2D eigenvalue weighted by Crippen LogP contribution is -2.30.